The molecule has 1 saturated heterocycles. The van der Waals surface area contributed by atoms with Gasteiger partial charge in [-0.2, -0.15) is 0 Å². The van der Waals surface area contributed by atoms with E-state index in [9.17, 15) is 4.39 Å². The lowest BCUT2D eigenvalue weighted by Crippen LogP contribution is -2.35. The van der Waals surface area contributed by atoms with Crippen molar-refractivity contribution in [3.05, 3.63) is 29.6 Å². The molecule has 0 aromatic heterocycles. The molecule has 1 aromatic carbocycles. The molecule has 88 valence electrons. The maximum absolute atomic E-state index is 13.5. The molecule has 2 nitrogen and oxygen atoms in total. The summed E-state index contributed by atoms with van der Waals surface area (Å²) < 4.78 is 18.5. The van der Waals surface area contributed by atoms with Crippen molar-refractivity contribution in [3.8, 4) is 5.75 Å². The number of piperidine rings is 1. The van der Waals surface area contributed by atoms with Gasteiger partial charge in [0.15, 0.2) is 11.6 Å². The second-order valence-corrected chi connectivity index (χ2v) is 4.48. The van der Waals surface area contributed by atoms with Crippen LogP contribution in [0.3, 0.4) is 0 Å². The summed E-state index contributed by atoms with van der Waals surface area (Å²) in [6.07, 6.45) is 2.28. The highest BCUT2D eigenvalue weighted by molar-refractivity contribution is 5.31. The Labute approximate surface area is 95.8 Å². The molecule has 0 aliphatic carbocycles. The molecule has 1 aromatic rings. The molecule has 16 heavy (non-hydrogen) atoms. The first-order valence-corrected chi connectivity index (χ1v) is 5.77. The third kappa shape index (κ3) is 2.35. The highest BCUT2D eigenvalue weighted by atomic mass is 19.1. The highest BCUT2D eigenvalue weighted by Crippen LogP contribution is 2.28. The number of hydrogen-bond acceptors (Lipinski definition) is 2. The van der Waals surface area contributed by atoms with Crippen LogP contribution in [-0.4, -0.2) is 19.7 Å². The average Bonchev–Trinajstić information content (AvgIpc) is 2.30. The molecule has 1 aliphatic heterocycles. The first-order chi connectivity index (χ1) is 7.70. The second-order valence-electron chi connectivity index (χ2n) is 4.48. The lowest BCUT2D eigenvalue weighted by atomic mass is 9.89. The van der Waals surface area contributed by atoms with Crippen LogP contribution in [0.1, 0.15) is 31.2 Å². The summed E-state index contributed by atoms with van der Waals surface area (Å²) in [6, 6.07) is 5.85. The van der Waals surface area contributed by atoms with Gasteiger partial charge in [0.25, 0.3) is 0 Å². The van der Waals surface area contributed by atoms with Crippen LogP contribution in [0.15, 0.2) is 18.2 Å². The van der Waals surface area contributed by atoms with Crippen molar-refractivity contribution in [2.75, 3.05) is 13.7 Å². The van der Waals surface area contributed by atoms with E-state index >= 15 is 0 Å². The van der Waals surface area contributed by atoms with Crippen molar-refractivity contribution in [3.63, 3.8) is 0 Å². The minimum Gasteiger partial charge on any atom is -0.494 e. The highest BCUT2D eigenvalue weighted by Gasteiger charge is 2.19. The van der Waals surface area contributed by atoms with Gasteiger partial charge in [-0.1, -0.05) is 6.07 Å². The van der Waals surface area contributed by atoms with Gasteiger partial charge in [0.05, 0.1) is 7.11 Å². The molecular weight excluding hydrogens is 205 g/mol. The summed E-state index contributed by atoms with van der Waals surface area (Å²) in [5, 5.41) is 3.42. The lowest BCUT2D eigenvalue weighted by Gasteiger charge is -2.28. The monoisotopic (exact) mass is 223 g/mol. The summed E-state index contributed by atoms with van der Waals surface area (Å²) >= 11 is 0. The second kappa shape index (κ2) is 4.83. The van der Waals surface area contributed by atoms with E-state index in [2.05, 4.69) is 12.2 Å². The molecule has 0 spiro atoms. The topological polar surface area (TPSA) is 21.3 Å². The van der Waals surface area contributed by atoms with Crippen molar-refractivity contribution in [1.29, 1.82) is 0 Å². The number of ether oxygens (including phenoxy) is 1. The number of rotatable bonds is 2. The fourth-order valence-corrected chi connectivity index (χ4v) is 2.22. The molecule has 3 heteroatoms. The molecule has 1 N–H and O–H groups in total. The van der Waals surface area contributed by atoms with Crippen LogP contribution in [-0.2, 0) is 0 Å². The Balaban J connectivity index is 2.12. The molecule has 2 rings (SSSR count). The fraction of sp³-hybridized carbons (Fsp3) is 0.538. The largest absolute Gasteiger partial charge is 0.494 e. The van der Waals surface area contributed by atoms with E-state index in [0.29, 0.717) is 17.7 Å². The van der Waals surface area contributed by atoms with Crippen molar-refractivity contribution in [1.82, 2.24) is 5.32 Å². The molecule has 1 fully saturated rings. The van der Waals surface area contributed by atoms with Crippen molar-refractivity contribution < 1.29 is 9.13 Å². The Morgan fingerprint density at radius 2 is 2.19 bits per heavy atom. The third-order valence-electron chi connectivity index (χ3n) is 3.31. The fourth-order valence-electron chi connectivity index (χ4n) is 2.22. The molecule has 0 radical (unpaired) electrons. The van der Waals surface area contributed by atoms with Gasteiger partial charge >= 0.3 is 0 Å². The van der Waals surface area contributed by atoms with E-state index in [1.165, 1.54) is 7.11 Å². The normalized spacial score (nSPS) is 25.4. The Hall–Kier alpha value is -1.09. The summed E-state index contributed by atoms with van der Waals surface area (Å²) in [6.45, 7) is 3.12. The third-order valence-corrected chi connectivity index (χ3v) is 3.31. The number of hydrogen-bond donors (Lipinski definition) is 1. The van der Waals surface area contributed by atoms with Gasteiger partial charge in [0.2, 0.25) is 0 Å². The average molecular weight is 223 g/mol. The zero-order valence-electron chi connectivity index (χ0n) is 9.79. The Morgan fingerprint density at radius 3 is 2.75 bits per heavy atom. The first-order valence-electron chi connectivity index (χ1n) is 5.77. The number of halogens is 1. The van der Waals surface area contributed by atoms with E-state index in [0.717, 1.165) is 24.9 Å². The van der Waals surface area contributed by atoms with E-state index in [-0.39, 0.29) is 5.82 Å². The van der Waals surface area contributed by atoms with E-state index in [4.69, 9.17) is 4.74 Å². The van der Waals surface area contributed by atoms with Crippen molar-refractivity contribution >= 4 is 0 Å². The number of benzene rings is 1. The summed E-state index contributed by atoms with van der Waals surface area (Å²) in [5.74, 6) is 0.483. The molecule has 2 atom stereocenters. The van der Waals surface area contributed by atoms with Gasteiger partial charge in [-0.3, -0.25) is 0 Å². The van der Waals surface area contributed by atoms with E-state index < -0.39 is 0 Å². The van der Waals surface area contributed by atoms with E-state index in [1.807, 2.05) is 6.07 Å². The van der Waals surface area contributed by atoms with Crippen LogP contribution in [0.25, 0.3) is 0 Å². The number of methoxy groups -OCH3 is 1. The first kappa shape index (κ1) is 11.4. The maximum atomic E-state index is 13.5. The minimum absolute atomic E-state index is 0.265. The lowest BCUT2D eigenvalue weighted by molar-refractivity contribution is 0.376. The van der Waals surface area contributed by atoms with Crippen LogP contribution in [0.4, 0.5) is 4.39 Å². The molecule has 1 heterocycles. The van der Waals surface area contributed by atoms with Crippen molar-refractivity contribution in [2.24, 2.45) is 0 Å². The predicted octanol–water partition coefficient (Wildman–Crippen LogP) is 2.69. The molecule has 0 saturated carbocycles. The van der Waals surface area contributed by atoms with Gasteiger partial charge in [-0.15, -0.1) is 0 Å². The summed E-state index contributed by atoms with van der Waals surface area (Å²) in [5.41, 5.74) is 1.07. The van der Waals surface area contributed by atoms with Gasteiger partial charge in [-0.25, -0.2) is 4.39 Å². The Bertz CT molecular complexity index is 359. The smallest absolute Gasteiger partial charge is 0.165 e. The van der Waals surface area contributed by atoms with E-state index in [1.54, 1.807) is 12.1 Å². The zero-order chi connectivity index (χ0) is 11.5. The SMILES string of the molecule is COc1ccc(C2CCC(C)NC2)cc1F. The van der Waals surface area contributed by atoms with Crippen LogP contribution in [0, 0.1) is 5.82 Å². The summed E-state index contributed by atoms with van der Waals surface area (Å²) in [4.78, 5) is 0. The van der Waals surface area contributed by atoms with Crippen LogP contribution in [0.2, 0.25) is 0 Å². The van der Waals surface area contributed by atoms with Gasteiger partial charge in [-0.05, 0) is 43.4 Å². The van der Waals surface area contributed by atoms with Gasteiger partial charge in [0.1, 0.15) is 0 Å². The predicted molar refractivity (Wildman–Crippen MR) is 62.4 cm³/mol. The number of nitrogens with one attached hydrogen (secondary N) is 1. The van der Waals surface area contributed by atoms with Gasteiger partial charge < -0.3 is 10.1 Å². The van der Waals surface area contributed by atoms with Crippen molar-refractivity contribution in [2.45, 2.75) is 31.7 Å². The molecular formula is C13H18FNO. The minimum atomic E-state index is -0.265. The van der Waals surface area contributed by atoms with Crippen LogP contribution in [0.5, 0.6) is 5.75 Å². The van der Waals surface area contributed by atoms with Crippen LogP contribution < -0.4 is 10.1 Å². The summed E-state index contributed by atoms with van der Waals surface area (Å²) in [7, 11) is 1.49. The van der Waals surface area contributed by atoms with Gasteiger partial charge in [0, 0.05) is 12.6 Å². The van der Waals surface area contributed by atoms with Crippen LogP contribution >= 0.6 is 0 Å². The standard InChI is InChI=1S/C13H18FNO/c1-9-3-4-11(8-15-9)10-5-6-13(16-2)12(14)7-10/h5-7,9,11,15H,3-4,8H2,1-2H3. The zero-order valence-corrected chi connectivity index (χ0v) is 9.79. The molecule has 0 amide bonds. The Kier molecular flexibility index (Phi) is 3.44. The molecule has 1 aliphatic rings. The quantitative estimate of drug-likeness (QED) is 0.832. The Morgan fingerprint density at radius 1 is 1.38 bits per heavy atom. The maximum Gasteiger partial charge on any atom is 0.165 e. The molecule has 2 unspecified atom stereocenters. The molecule has 0 bridgehead atoms.